The van der Waals surface area contributed by atoms with Crippen LogP contribution >= 0.6 is 0 Å². The summed E-state index contributed by atoms with van der Waals surface area (Å²) in [6.45, 7) is 1.81. The SMILES string of the molecule is Cc1cc(Cn2c(C(=O)O)cccc2=O)no1. The predicted molar refractivity (Wildman–Crippen MR) is 58.0 cm³/mol. The van der Waals surface area contributed by atoms with Crippen molar-refractivity contribution in [2.45, 2.75) is 13.5 Å². The minimum absolute atomic E-state index is 0.0712. The van der Waals surface area contributed by atoms with Gasteiger partial charge in [-0.3, -0.25) is 9.36 Å². The Bertz CT molecular complexity index is 612. The minimum atomic E-state index is -1.15. The number of pyridine rings is 1. The Morgan fingerprint density at radius 2 is 2.29 bits per heavy atom. The zero-order valence-electron chi connectivity index (χ0n) is 9.08. The average molecular weight is 234 g/mol. The zero-order valence-corrected chi connectivity index (χ0v) is 9.08. The van der Waals surface area contributed by atoms with E-state index in [1.54, 1.807) is 13.0 Å². The second kappa shape index (κ2) is 4.25. The standard InChI is InChI=1S/C11H10N2O4/c1-7-5-8(12-17-7)6-13-9(11(15)16)3-2-4-10(13)14/h2-5H,6H2,1H3,(H,15,16). The lowest BCUT2D eigenvalue weighted by Gasteiger charge is -2.06. The first-order valence-electron chi connectivity index (χ1n) is 4.93. The molecule has 0 amide bonds. The number of carboxylic acid groups (broad SMARTS) is 1. The van der Waals surface area contributed by atoms with Crippen molar-refractivity contribution < 1.29 is 14.4 Å². The van der Waals surface area contributed by atoms with Gasteiger partial charge in [-0.15, -0.1) is 0 Å². The van der Waals surface area contributed by atoms with Crippen LogP contribution in [0, 0.1) is 6.92 Å². The summed E-state index contributed by atoms with van der Waals surface area (Å²) >= 11 is 0. The molecular formula is C11H10N2O4. The first kappa shape index (κ1) is 11.1. The highest BCUT2D eigenvalue weighted by atomic mass is 16.5. The maximum Gasteiger partial charge on any atom is 0.352 e. The molecule has 0 aromatic carbocycles. The van der Waals surface area contributed by atoms with Gasteiger partial charge in [-0.1, -0.05) is 11.2 Å². The summed E-state index contributed by atoms with van der Waals surface area (Å²) in [7, 11) is 0. The van der Waals surface area contributed by atoms with Crippen molar-refractivity contribution in [1.29, 1.82) is 0 Å². The Morgan fingerprint density at radius 3 is 2.88 bits per heavy atom. The van der Waals surface area contributed by atoms with Crippen LogP contribution in [0.2, 0.25) is 0 Å². The smallest absolute Gasteiger partial charge is 0.352 e. The van der Waals surface area contributed by atoms with Crippen molar-refractivity contribution in [2.24, 2.45) is 0 Å². The monoisotopic (exact) mass is 234 g/mol. The molecule has 2 aromatic heterocycles. The van der Waals surface area contributed by atoms with Gasteiger partial charge in [0.25, 0.3) is 5.56 Å². The summed E-state index contributed by atoms with van der Waals surface area (Å²) in [6, 6.07) is 5.75. The van der Waals surface area contributed by atoms with E-state index < -0.39 is 5.97 Å². The molecule has 0 radical (unpaired) electrons. The molecule has 2 heterocycles. The number of rotatable bonds is 3. The number of hydrogen-bond acceptors (Lipinski definition) is 4. The molecular weight excluding hydrogens is 224 g/mol. The molecule has 17 heavy (non-hydrogen) atoms. The molecule has 2 aromatic rings. The van der Waals surface area contributed by atoms with E-state index >= 15 is 0 Å². The van der Waals surface area contributed by atoms with Gasteiger partial charge in [0.05, 0.1) is 6.54 Å². The van der Waals surface area contributed by atoms with Crippen LogP contribution in [0.4, 0.5) is 0 Å². The molecule has 0 spiro atoms. The summed E-state index contributed by atoms with van der Waals surface area (Å²) in [5.74, 6) is -0.538. The van der Waals surface area contributed by atoms with Crippen LogP contribution < -0.4 is 5.56 Å². The van der Waals surface area contributed by atoms with Crippen molar-refractivity contribution in [3.05, 3.63) is 51.8 Å². The second-order valence-corrected chi connectivity index (χ2v) is 3.57. The number of carbonyl (C=O) groups is 1. The van der Waals surface area contributed by atoms with Gasteiger partial charge in [0.2, 0.25) is 0 Å². The molecule has 0 unspecified atom stereocenters. The van der Waals surface area contributed by atoms with Crippen molar-refractivity contribution >= 4 is 5.97 Å². The van der Waals surface area contributed by atoms with Gasteiger partial charge in [0.1, 0.15) is 17.1 Å². The predicted octanol–water partition coefficient (Wildman–Crippen LogP) is 0.891. The Labute approximate surface area is 96.1 Å². The van der Waals surface area contributed by atoms with Gasteiger partial charge in [-0.2, -0.15) is 0 Å². The van der Waals surface area contributed by atoms with E-state index in [-0.39, 0.29) is 17.8 Å². The number of carboxylic acids is 1. The lowest BCUT2D eigenvalue weighted by molar-refractivity contribution is 0.0684. The van der Waals surface area contributed by atoms with Gasteiger partial charge in [0.15, 0.2) is 0 Å². The summed E-state index contributed by atoms with van der Waals surface area (Å²) in [6.07, 6.45) is 0. The van der Waals surface area contributed by atoms with Gasteiger partial charge in [-0.25, -0.2) is 4.79 Å². The third kappa shape index (κ3) is 2.25. The topological polar surface area (TPSA) is 85.3 Å². The van der Waals surface area contributed by atoms with Crippen LogP contribution in [0.25, 0.3) is 0 Å². The van der Waals surface area contributed by atoms with Gasteiger partial charge < -0.3 is 9.63 Å². The fourth-order valence-electron chi connectivity index (χ4n) is 1.52. The molecule has 0 bridgehead atoms. The Balaban J connectivity index is 2.44. The molecule has 6 nitrogen and oxygen atoms in total. The largest absolute Gasteiger partial charge is 0.477 e. The molecule has 6 heteroatoms. The second-order valence-electron chi connectivity index (χ2n) is 3.57. The lowest BCUT2D eigenvalue weighted by Crippen LogP contribution is -2.25. The van der Waals surface area contributed by atoms with E-state index in [4.69, 9.17) is 9.63 Å². The summed E-state index contributed by atoms with van der Waals surface area (Å²) < 4.78 is 6.00. The normalized spacial score (nSPS) is 10.4. The van der Waals surface area contributed by atoms with Crippen LogP contribution in [0.3, 0.4) is 0 Å². The van der Waals surface area contributed by atoms with E-state index in [2.05, 4.69) is 5.16 Å². The third-order valence-corrected chi connectivity index (χ3v) is 2.27. The highest BCUT2D eigenvalue weighted by Crippen LogP contribution is 2.05. The first-order valence-corrected chi connectivity index (χ1v) is 4.93. The molecule has 0 fully saturated rings. The zero-order chi connectivity index (χ0) is 12.4. The third-order valence-electron chi connectivity index (χ3n) is 2.27. The van der Waals surface area contributed by atoms with Crippen molar-refractivity contribution in [3.63, 3.8) is 0 Å². The lowest BCUT2D eigenvalue weighted by atomic mass is 10.3. The Morgan fingerprint density at radius 1 is 1.53 bits per heavy atom. The van der Waals surface area contributed by atoms with Crippen LogP contribution in [-0.2, 0) is 6.54 Å². The van der Waals surface area contributed by atoms with Crippen LogP contribution in [0.15, 0.2) is 33.6 Å². The van der Waals surface area contributed by atoms with Crippen molar-refractivity contribution in [1.82, 2.24) is 9.72 Å². The van der Waals surface area contributed by atoms with E-state index in [9.17, 15) is 9.59 Å². The minimum Gasteiger partial charge on any atom is -0.477 e. The number of aromatic nitrogens is 2. The van der Waals surface area contributed by atoms with E-state index in [1.807, 2.05) is 0 Å². The fourth-order valence-corrected chi connectivity index (χ4v) is 1.52. The molecule has 0 aliphatic carbocycles. The maximum absolute atomic E-state index is 11.6. The molecule has 0 saturated carbocycles. The van der Waals surface area contributed by atoms with Gasteiger partial charge in [-0.05, 0) is 13.0 Å². The Hall–Kier alpha value is -2.37. The number of aryl methyl sites for hydroxylation is 1. The highest BCUT2D eigenvalue weighted by molar-refractivity contribution is 5.85. The van der Waals surface area contributed by atoms with Crippen LogP contribution in [0.5, 0.6) is 0 Å². The van der Waals surface area contributed by atoms with Gasteiger partial charge in [0, 0.05) is 12.1 Å². The molecule has 0 atom stereocenters. The number of nitrogens with zero attached hydrogens (tertiary/aromatic N) is 2. The van der Waals surface area contributed by atoms with E-state index in [1.165, 1.54) is 18.2 Å². The Kier molecular flexibility index (Phi) is 2.78. The van der Waals surface area contributed by atoms with Crippen molar-refractivity contribution in [2.75, 3.05) is 0 Å². The fraction of sp³-hybridized carbons (Fsp3) is 0.182. The summed E-state index contributed by atoms with van der Waals surface area (Å²) in [4.78, 5) is 22.6. The molecule has 1 N–H and O–H groups in total. The average Bonchev–Trinajstić information content (AvgIpc) is 2.67. The number of hydrogen-bond donors (Lipinski definition) is 1. The summed E-state index contributed by atoms with van der Waals surface area (Å²) in [5, 5.41) is 12.7. The first-order chi connectivity index (χ1) is 8.08. The maximum atomic E-state index is 11.6. The molecule has 0 aliphatic heterocycles. The van der Waals surface area contributed by atoms with Crippen LogP contribution in [0.1, 0.15) is 21.9 Å². The van der Waals surface area contributed by atoms with E-state index in [0.717, 1.165) is 4.57 Å². The van der Waals surface area contributed by atoms with E-state index in [0.29, 0.717) is 11.5 Å². The highest BCUT2D eigenvalue weighted by Gasteiger charge is 2.12. The van der Waals surface area contributed by atoms with Gasteiger partial charge >= 0.3 is 5.97 Å². The molecule has 88 valence electrons. The quantitative estimate of drug-likeness (QED) is 0.852. The summed E-state index contributed by atoms with van der Waals surface area (Å²) in [5.41, 5.74) is 0.0574. The van der Waals surface area contributed by atoms with Crippen molar-refractivity contribution in [3.8, 4) is 0 Å². The van der Waals surface area contributed by atoms with Crippen LogP contribution in [-0.4, -0.2) is 20.8 Å². The number of aromatic carboxylic acids is 1. The molecule has 0 saturated heterocycles. The molecule has 0 aliphatic rings. The molecule has 2 rings (SSSR count).